The zero-order chi connectivity index (χ0) is 17.9. The minimum absolute atomic E-state index is 0.0411. The van der Waals surface area contributed by atoms with Crippen LogP contribution in [0.3, 0.4) is 0 Å². The maximum absolute atomic E-state index is 12.6. The molecule has 1 aromatic carbocycles. The molecule has 0 bridgehead atoms. The minimum atomic E-state index is -0.994. The molecule has 1 heterocycles. The second-order valence-electron chi connectivity index (χ2n) is 6.44. The molecule has 1 aliphatic rings. The van der Waals surface area contributed by atoms with Gasteiger partial charge in [0.15, 0.2) is 0 Å². The van der Waals surface area contributed by atoms with E-state index in [1.165, 1.54) is 0 Å². The number of carbonyl (C=O) groups excluding carboxylic acids is 1. The van der Waals surface area contributed by atoms with Gasteiger partial charge in [-0.2, -0.15) is 0 Å². The van der Waals surface area contributed by atoms with Gasteiger partial charge in [0.25, 0.3) is 0 Å². The number of halogens is 1. The maximum atomic E-state index is 12.6. The van der Waals surface area contributed by atoms with Gasteiger partial charge in [-0.15, -0.1) is 0 Å². The van der Waals surface area contributed by atoms with Gasteiger partial charge in [-0.25, -0.2) is 0 Å². The van der Waals surface area contributed by atoms with Gasteiger partial charge in [0, 0.05) is 27.1 Å². The maximum Gasteiger partial charge on any atom is 0.249 e. The molecule has 1 aromatic rings. The van der Waals surface area contributed by atoms with Gasteiger partial charge in [0.1, 0.15) is 6.61 Å². The van der Waals surface area contributed by atoms with Crippen molar-refractivity contribution in [3.63, 3.8) is 0 Å². The van der Waals surface area contributed by atoms with E-state index in [1.807, 2.05) is 56.9 Å². The average molecular weight is 372 g/mol. The Balaban J connectivity index is 2.34. The van der Waals surface area contributed by atoms with Crippen molar-refractivity contribution in [2.24, 2.45) is 0 Å². The standard InChI is InChI=1S/C18H26ClNO3S/c1-5-16(13(4)24(22)12(2)3)20-17(10-23-11-18(20)21)14-6-8-15(19)9-7-14/h6-9,12-13,16-17H,5,10-11H2,1-4H3/t13?,16-,17?,24?/m0/s1. The molecular formula is C18H26ClNO3S. The number of nitrogens with zero attached hydrogens (tertiary/aromatic N) is 1. The summed E-state index contributed by atoms with van der Waals surface area (Å²) in [5.41, 5.74) is 0.994. The predicted molar refractivity (Wildman–Crippen MR) is 98.7 cm³/mol. The quantitative estimate of drug-likeness (QED) is 0.768. The summed E-state index contributed by atoms with van der Waals surface area (Å²) in [7, 11) is -0.994. The average Bonchev–Trinajstić information content (AvgIpc) is 2.56. The van der Waals surface area contributed by atoms with Crippen LogP contribution in [0.25, 0.3) is 0 Å². The molecule has 4 nitrogen and oxygen atoms in total. The molecule has 0 aromatic heterocycles. The van der Waals surface area contributed by atoms with Crippen LogP contribution in [0.2, 0.25) is 5.02 Å². The normalized spacial score (nSPS) is 22.5. The van der Waals surface area contributed by atoms with Crippen LogP contribution in [0.5, 0.6) is 0 Å². The third-order valence-electron chi connectivity index (χ3n) is 4.53. The van der Waals surface area contributed by atoms with E-state index < -0.39 is 10.8 Å². The fraction of sp³-hybridized carbons (Fsp3) is 0.611. The van der Waals surface area contributed by atoms with E-state index in [0.717, 1.165) is 12.0 Å². The first-order chi connectivity index (χ1) is 11.4. The SMILES string of the molecule is CC[C@@H](C(C)S(=O)C(C)C)N1C(=O)COCC1c1ccc(Cl)cc1. The number of hydrogen-bond donors (Lipinski definition) is 0. The Bertz CT molecular complexity index is 590. The summed E-state index contributed by atoms with van der Waals surface area (Å²) < 4.78 is 18.1. The molecule has 3 unspecified atom stereocenters. The van der Waals surface area contributed by atoms with Crippen molar-refractivity contribution in [1.29, 1.82) is 0 Å². The lowest BCUT2D eigenvalue weighted by atomic mass is 10.00. The molecule has 0 radical (unpaired) electrons. The van der Waals surface area contributed by atoms with Crippen LogP contribution >= 0.6 is 11.6 Å². The first-order valence-corrected chi connectivity index (χ1v) is 10.1. The van der Waals surface area contributed by atoms with E-state index in [1.54, 1.807) is 0 Å². The fourth-order valence-electron chi connectivity index (χ4n) is 3.28. The highest BCUT2D eigenvalue weighted by Gasteiger charge is 2.38. The molecule has 0 spiro atoms. The Morgan fingerprint density at radius 2 is 1.92 bits per heavy atom. The van der Waals surface area contributed by atoms with Crippen molar-refractivity contribution in [2.45, 2.75) is 56.7 Å². The van der Waals surface area contributed by atoms with E-state index in [9.17, 15) is 9.00 Å². The Kier molecular flexibility index (Phi) is 6.84. The smallest absolute Gasteiger partial charge is 0.249 e. The summed E-state index contributed by atoms with van der Waals surface area (Å²) in [6.07, 6.45) is 0.759. The number of morpholine rings is 1. The Morgan fingerprint density at radius 3 is 2.46 bits per heavy atom. The molecule has 4 atom stereocenters. The molecule has 1 amide bonds. The van der Waals surface area contributed by atoms with E-state index in [2.05, 4.69) is 0 Å². The minimum Gasteiger partial charge on any atom is -0.369 e. The van der Waals surface area contributed by atoms with Crippen LogP contribution in [0, 0.1) is 0 Å². The molecule has 1 aliphatic heterocycles. The largest absolute Gasteiger partial charge is 0.369 e. The third kappa shape index (κ3) is 4.19. The molecule has 2 rings (SSSR count). The predicted octanol–water partition coefficient (Wildman–Crippen LogP) is 3.56. The molecular weight excluding hydrogens is 346 g/mol. The summed E-state index contributed by atoms with van der Waals surface area (Å²) in [5.74, 6) is -0.0411. The van der Waals surface area contributed by atoms with E-state index in [-0.39, 0.29) is 35.1 Å². The van der Waals surface area contributed by atoms with Crippen LogP contribution in [-0.4, -0.2) is 44.8 Å². The zero-order valence-corrected chi connectivity index (χ0v) is 16.3. The second-order valence-corrected chi connectivity index (χ2v) is 9.22. The summed E-state index contributed by atoms with van der Waals surface area (Å²) in [5, 5.41) is 0.640. The van der Waals surface area contributed by atoms with Gasteiger partial charge in [-0.3, -0.25) is 9.00 Å². The van der Waals surface area contributed by atoms with Crippen LogP contribution in [0.15, 0.2) is 24.3 Å². The summed E-state index contributed by atoms with van der Waals surface area (Å²) in [6.45, 7) is 8.47. The number of benzene rings is 1. The monoisotopic (exact) mass is 371 g/mol. The fourth-order valence-corrected chi connectivity index (χ4v) is 4.90. The number of hydrogen-bond acceptors (Lipinski definition) is 3. The Morgan fingerprint density at radius 1 is 1.29 bits per heavy atom. The van der Waals surface area contributed by atoms with Crippen LogP contribution < -0.4 is 0 Å². The number of amides is 1. The topological polar surface area (TPSA) is 46.6 Å². The van der Waals surface area contributed by atoms with Gasteiger partial charge in [0.2, 0.25) is 5.91 Å². The highest BCUT2D eigenvalue weighted by Crippen LogP contribution is 2.31. The van der Waals surface area contributed by atoms with Crippen molar-refractivity contribution in [3.8, 4) is 0 Å². The summed E-state index contributed by atoms with van der Waals surface area (Å²) >= 11 is 5.98. The third-order valence-corrected chi connectivity index (χ3v) is 6.76. The Labute approximate surface area is 152 Å². The lowest BCUT2D eigenvalue weighted by molar-refractivity contribution is -0.152. The lowest BCUT2D eigenvalue weighted by Crippen LogP contribution is -2.54. The van der Waals surface area contributed by atoms with Gasteiger partial charge >= 0.3 is 0 Å². The number of rotatable bonds is 6. The second kappa shape index (κ2) is 8.45. The highest BCUT2D eigenvalue weighted by molar-refractivity contribution is 7.86. The van der Waals surface area contributed by atoms with Gasteiger partial charge in [-0.05, 0) is 31.0 Å². The van der Waals surface area contributed by atoms with E-state index in [0.29, 0.717) is 11.6 Å². The molecule has 134 valence electrons. The molecule has 1 fully saturated rings. The van der Waals surface area contributed by atoms with Crippen molar-refractivity contribution >= 4 is 28.3 Å². The van der Waals surface area contributed by atoms with E-state index in [4.69, 9.17) is 16.3 Å². The van der Waals surface area contributed by atoms with Gasteiger partial charge < -0.3 is 9.64 Å². The van der Waals surface area contributed by atoms with Crippen LogP contribution in [0.1, 0.15) is 45.7 Å². The van der Waals surface area contributed by atoms with E-state index >= 15 is 0 Å². The molecule has 0 aliphatic carbocycles. The molecule has 0 N–H and O–H groups in total. The first kappa shape index (κ1) is 19.4. The van der Waals surface area contributed by atoms with Gasteiger partial charge in [0.05, 0.1) is 17.9 Å². The Hall–Kier alpha value is -0.910. The lowest BCUT2D eigenvalue weighted by Gasteiger charge is -2.43. The molecule has 0 saturated carbocycles. The van der Waals surface area contributed by atoms with Crippen LogP contribution in [-0.2, 0) is 20.3 Å². The van der Waals surface area contributed by atoms with Crippen molar-refractivity contribution in [3.05, 3.63) is 34.9 Å². The number of ether oxygens (including phenoxy) is 1. The first-order valence-electron chi connectivity index (χ1n) is 8.40. The summed E-state index contributed by atoms with van der Waals surface area (Å²) in [6, 6.07) is 7.26. The number of carbonyl (C=O) groups is 1. The van der Waals surface area contributed by atoms with Crippen molar-refractivity contribution in [1.82, 2.24) is 4.90 Å². The molecule has 24 heavy (non-hydrogen) atoms. The summed E-state index contributed by atoms with van der Waals surface area (Å²) in [4.78, 5) is 14.5. The van der Waals surface area contributed by atoms with Crippen LogP contribution in [0.4, 0.5) is 0 Å². The van der Waals surface area contributed by atoms with Gasteiger partial charge in [-0.1, -0.05) is 44.5 Å². The molecule has 6 heteroatoms. The zero-order valence-electron chi connectivity index (χ0n) is 14.7. The highest BCUT2D eigenvalue weighted by atomic mass is 35.5. The molecule has 1 saturated heterocycles. The van der Waals surface area contributed by atoms with Crippen molar-refractivity contribution < 1.29 is 13.7 Å². The van der Waals surface area contributed by atoms with Crippen molar-refractivity contribution in [2.75, 3.05) is 13.2 Å².